The minimum atomic E-state index is -0.0897. The maximum absolute atomic E-state index is 13.7. The second kappa shape index (κ2) is 11.3. The fraction of sp³-hybridized carbons (Fsp3) is 0.655. The predicted molar refractivity (Wildman–Crippen MR) is 152 cm³/mol. The molecule has 37 heavy (non-hydrogen) atoms. The Labute approximate surface area is 225 Å². The van der Waals surface area contributed by atoms with E-state index < -0.39 is 0 Å². The van der Waals surface area contributed by atoms with E-state index in [0.29, 0.717) is 24.7 Å². The third-order valence-corrected chi connectivity index (χ3v) is 10.2. The first-order valence-corrected chi connectivity index (χ1v) is 14.5. The summed E-state index contributed by atoms with van der Waals surface area (Å²) in [5, 5.41) is 1.26. The molecule has 0 spiro atoms. The summed E-state index contributed by atoms with van der Waals surface area (Å²) in [6.07, 6.45) is 5.48. The van der Waals surface area contributed by atoms with Crippen LogP contribution in [0.15, 0.2) is 10.9 Å². The molecule has 0 radical (unpaired) electrons. The fourth-order valence-electron chi connectivity index (χ4n) is 6.19. The van der Waals surface area contributed by atoms with Crippen LogP contribution < -0.4 is 10.5 Å². The lowest BCUT2D eigenvalue weighted by atomic mass is 9.79. The summed E-state index contributed by atoms with van der Waals surface area (Å²) in [7, 11) is 3.99. The van der Waals surface area contributed by atoms with Crippen molar-refractivity contribution in [2.45, 2.75) is 84.8 Å². The molecule has 204 valence electrons. The Morgan fingerprint density at radius 2 is 1.92 bits per heavy atom. The molecule has 2 aliphatic rings. The van der Waals surface area contributed by atoms with Gasteiger partial charge in [-0.25, -0.2) is 0 Å². The number of amides is 1. The van der Waals surface area contributed by atoms with Crippen LogP contribution in [0.2, 0.25) is 0 Å². The number of rotatable bonds is 9. The number of nitrogens with one attached hydrogen (secondary N) is 1. The number of likely N-dealkylation sites (N-methyl/N-ethyl adjacent to an activating group) is 1. The minimum absolute atomic E-state index is 0.0627. The lowest BCUT2D eigenvalue weighted by Gasteiger charge is -2.46. The van der Waals surface area contributed by atoms with Crippen LogP contribution in [0, 0.1) is 20.8 Å². The second-order valence-corrected chi connectivity index (χ2v) is 12.3. The maximum Gasteiger partial charge on any atom is 0.255 e. The second-order valence-electron chi connectivity index (χ2n) is 11.2. The van der Waals surface area contributed by atoms with Gasteiger partial charge in [0.2, 0.25) is 0 Å². The topological polar surface area (TPSA) is 68.9 Å². The Hall–Kier alpha value is -2.16. The zero-order chi connectivity index (χ0) is 26.9. The van der Waals surface area contributed by atoms with Crippen LogP contribution in [-0.4, -0.2) is 72.7 Å². The lowest BCUT2D eigenvalue weighted by Crippen LogP contribution is -2.51. The summed E-state index contributed by atoms with van der Waals surface area (Å²) in [5.74, 6) is 0.0627. The van der Waals surface area contributed by atoms with Crippen molar-refractivity contribution >= 4 is 22.2 Å². The molecule has 1 fully saturated rings. The van der Waals surface area contributed by atoms with Crippen LogP contribution in [0.3, 0.4) is 0 Å². The van der Waals surface area contributed by atoms with E-state index in [0.717, 1.165) is 74.2 Å². The number of carbonyl (C=O) groups is 1. The third-order valence-electron chi connectivity index (χ3n) is 8.77. The van der Waals surface area contributed by atoms with Gasteiger partial charge in [0.15, 0.2) is 0 Å². The molecular weight excluding hydrogens is 484 g/mol. The SMILES string of the molecule is CCN(c1sc2c(c1C)C(=O)N(Cc1c(C)cc(C)[nH]c1=O)CC2)C1CCC(C)(N(C)CCOC)CC1. The number of fused-ring (bicyclic) bond motifs is 1. The van der Waals surface area contributed by atoms with Gasteiger partial charge in [-0.2, -0.15) is 0 Å². The summed E-state index contributed by atoms with van der Waals surface area (Å²) < 4.78 is 5.31. The van der Waals surface area contributed by atoms with Crippen molar-refractivity contribution in [1.29, 1.82) is 0 Å². The molecule has 0 bridgehead atoms. The Morgan fingerprint density at radius 3 is 2.54 bits per heavy atom. The number of aromatic amines is 1. The highest BCUT2D eigenvalue weighted by atomic mass is 32.1. The number of methoxy groups -OCH3 is 1. The highest BCUT2D eigenvalue weighted by molar-refractivity contribution is 7.16. The molecule has 1 saturated carbocycles. The molecule has 0 aromatic carbocycles. The molecule has 1 N–H and O–H groups in total. The van der Waals surface area contributed by atoms with Gasteiger partial charge in [-0.05, 0) is 84.5 Å². The van der Waals surface area contributed by atoms with Gasteiger partial charge < -0.3 is 19.5 Å². The summed E-state index contributed by atoms with van der Waals surface area (Å²) in [4.78, 5) is 37.2. The van der Waals surface area contributed by atoms with Gasteiger partial charge in [0, 0.05) is 60.9 Å². The Kier molecular flexibility index (Phi) is 8.51. The number of hydrogen-bond acceptors (Lipinski definition) is 6. The van der Waals surface area contributed by atoms with Gasteiger partial charge in [0.05, 0.1) is 23.7 Å². The van der Waals surface area contributed by atoms with E-state index in [2.05, 4.69) is 42.6 Å². The van der Waals surface area contributed by atoms with Crippen molar-refractivity contribution in [2.75, 3.05) is 45.3 Å². The number of thiophene rings is 1. The molecule has 1 aliphatic carbocycles. The van der Waals surface area contributed by atoms with Crippen LogP contribution in [0.25, 0.3) is 0 Å². The molecule has 7 nitrogen and oxygen atoms in total. The average molecular weight is 529 g/mol. The third kappa shape index (κ3) is 5.52. The van der Waals surface area contributed by atoms with Crippen molar-refractivity contribution in [1.82, 2.24) is 14.8 Å². The molecule has 8 heteroatoms. The number of ether oxygens (including phenoxy) is 1. The van der Waals surface area contributed by atoms with Crippen LogP contribution >= 0.6 is 11.3 Å². The molecule has 2 aromatic heterocycles. The average Bonchev–Trinajstić information content (AvgIpc) is 3.19. The number of hydrogen-bond donors (Lipinski definition) is 1. The van der Waals surface area contributed by atoms with Gasteiger partial charge in [-0.15, -0.1) is 11.3 Å². The van der Waals surface area contributed by atoms with E-state index >= 15 is 0 Å². The van der Waals surface area contributed by atoms with Crippen molar-refractivity contribution in [3.63, 3.8) is 0 Å². The molecule has 0 unspecified atom stereocenters. The Balaban J connectivity index is 1.51. The van der Waals surface area contributed by atoms with Crippen LogP contribution in [0.4, 0.5) is 5.00 Å². The minimum Gasteiger partial charge on any atom is -0.383 e. The number of anilines is 1. The maximum atomic E-state index is 13.7. The molecule has 2 aromatic rings. The molecule has 3 heterocycles. The van der Waals surface area contributed by atoms with Gasteiger partial charge in [0.1, 0.15) is 0 Å². The standard InChI is InChI=1S/C29H44N4O3S/c1-8-33(22-9-12-29(5,13-10-22)31(6)15-16-36-7)28-21(4)25-24(37-28)11-14-32(27(25)35)18-23-19(2)17-20(3)30-26(23)34/h17,22H,8-16,18H2,1-7H3,(H,30,34). The van der Waals surface area contributed by atoms with Crippen LogP contribution in [-0.2, 0) is 17.7 Å². The largest absolute Gasteiger partial charge is 0.383 e. The molecule has 4 rings (SSSR count). The van der Waals surface area contributed by atoms with E-state index in [9.17, 15) is 9.59 Å². The van der Waals surface area contributed by atoms with E-state index in [1.54, 1.807) is 7.11 Å². The number of pyridine rings is 1. The number of nitrogens with zero attached hydrogens (tertiary/aromatic N) is 3. The van der Waals surface area contributed by atoms with Gasteiger partial charge in [0.25, 0.3) is 11.5 Å². The summed E-state index contributed by atoms with van der Waals surface area (Å²) in [6, 6.07) is 2.47. The van der Waals surface area contributed by atoms with E-state index in [-0.39, 0.29) is 17.0 Å². The Bertz CT molecular complexity index is 1180. The number of H-pyrrole nitrogens is 1. The number of carbonyl (C=O) groups excluding carboxylic acids is 1. The number of aryl methyl sites for hydroxylation is 2. The molecule has 0 atom stereocenters. The summed E-state index contributed by atoms with van der Waals surface area (Å²) in [5.41, 5.74) is 4.57. The van der Waals surface area contributed by atoms with Gasteiger partial charge in [-0.3, -0.25) is 14.5 Å². The van der Waals surface area contributed by atoms with Crippen molar-refractivity contribution in [3.8, 4) is 0 Å². The molecule has 1 aliphatic heterocycles. The summed E-state index contributed by atoms with van der Waals surface area (Å²) >= 11 is 1.81. The predicted octanol–water partition coefficient (Wildman–Crippen LogP) is 4.67. The summed E-state index contributed by atoms with van der Waals surface area (Å²) in [6.45, 7) is 14.3. The van der Waals surface area contributed by atoms with Gasteiger partial charge in [-0.1, -0.05) is 0 Å². The zero-order valence-corrected chi connectivity index (χ0v) is 24.5. The monoisotopic (exact) mass is 528 g/mol. The quantitative estimate of drug-likeness (QED) is 0.513. The number of aromatic nitrogens is 1. The van der Waals surface area contributed by atoms with Crippen molar-refractivity contribution in [2.24, 2.45) is 0 Å². The van der Waals surface area contributed by atoms with Crippen molar-refractivity contribution in [3.05, 3.63) is 49.2 Å². The first-order valence-electron chi connectivity index (χ1n) is 13.7. The first kappa shape index (κ1) is 27.9. The normalized spacial score (nSPS) is 22.0. The molecular formula is C29H44N4O3S. The zero-order valence-electron chi connectivity index (χ0n) is 23.7. The molecule has 0 saturated heterocycles. The first-order chi connectivity index (χ1) is 17.6. The molecule has 1 amide bonds. The highest BCUT2D eigenvalue weighted by Gasteiger charge is 2.38. The van der Waals surface area contributed by atoms with E-state index in [4.69, 9.17) is 4.74 Å². The Morgan fingerprint density at radius 1 is 1.22 bits per heavy atom. The van der Waals surface area contributed by atoms with Gasteiger partial charge >= 0.3 is 0 Å². The highest BCUT2D eigenvalue weighted by Crippen LogP contribution is 2.43. The fourth-order valence-corrected chi connectivity index (χ4v) is 7.61. The van der Waals surface area contributed by atoms with Crippen molar-refractivity contribution < 1.29 is 9.53 Å². The lowest BCUT2D eigenvalue weighted by molar-refractivity contribution is 0.0580. The van der Waals surface area contributed by atoms with E-state index in [1.807, 2.05) is 36.2 Å². The van der Waals surface area contributed by atoms with Crippen LogP contribution in [0.1, 0.15) is 77.2 Å². The van der Waals surface area contributed by atoms with E-state index in [1.165, 1.54) is 9.88 Å². The smallest absolute Gasteiger partial charge is 0.255 e. The van der Waals surface area contributed by atoms with Crippen LogP contribution in [0.5, 0.6) is 0 Å².